The molecule has 0 aliphatic rings. The van der Waals surface area contributed by atoms with E-state index in [0.29, 0.717) is 10.0 Å². The van der Waals surface area contributed by atoms with Crippen molar-refractivity contribution in [3.05, 3.63) is 27.7 Å². The summed E-state index contributed by atoms with van der Waals surface area (Å²) in [5, 5.41) is 18.2. The highest BCUT2D eigenvalue weighted by Crippen LogP contribution is 2.26. The lowest BCUT2D eigenvalue weighted by Gasteiger charge is -2.22. The van der Waals surface area contributed by atoms with E-state index in [0.717, 1.165) is 6.07 Å². The first-order valence-electron chi connectivity index (χ1n) is 6.14. The van der Waals surface area contributed by atoms with Gasteiger partial charge in [0.1, 0.15) is 0 Å². The average Bonchev–Trinajstić information content (AvgIpc) is 2.39. The Bertz CT molecular complexity index is 655. The van der Waals surface area contributed by atoms with Gasteiger partial charge < -0.3 is 10.2 Å². The molecular formula is C13H18BrNO5S. The molecule has 0 spiro atoms. The number of carboxylic acid groups (broad SMARTS) is 1. The van der Waals surface area contributed by atoms with E-state index in [9.17, 15) is 13.2 Å². The second kappa shape index (κ2) is 6.43. The van der Waals surface area contributed by atoms with Gasteiger partial charge in [0.2, 0.25) is 10.0 Å². The van der Waals surface area contributed by atoms with Gasteiger partial charge in [0, 0.05) is 23.0 Å². The lowest BCUT2D eigenvalue weighted by atomic mass is 9.96. The quantitative estimate of drug-likeness (QED) is 0.698. The molecule has 0 atom stereocenters. The number of hydrogen-bond acceptors (Lipinski definition) is 4. The van der Waals surface area contributed by atoms with Gasteiger partial charge >= 0.3 is 5.97 Å². The monoisotopic (exact) mass is 379 g/mol. The molecule has 6 nitrogen and oxygen atoms in total. The highest BCUT2D eigenvalue weighted by atomic mass is 79.9. The Labute approximate surface area is 132 Å². The van der Waals surface area contributed by atoms with E-state index in [-0.39, 0.29) is 23.6 Å². The predicted octanol–water partition coefficient (Wildman–Crippen LogP) is 1.75. The van der Waals surface area contributed by atoms with E-state index in [1.165, 1.54) is 6.07 Å². The third-order valence-electron chi connectivity index (χ3n) is 3.00. The molecule has 0 saturated carbocycles. The first-order chi connectivity index (χ1) is 9.50. The molecule has 1 aromatic rings. The fourth-order valence-corrected chi connectivity index (χ4v) is 3.60. The fraction of sp³-hybridized carbons (Fsp3) is 0.462. The Morgan fingerprint density at radius 2 is 1.95 bits per heavy atom. The van der Waals surface area contributed by atoms with Crippen molar-refractivity contribution in [2.24, 2.45) is 5.41 Å². The Kier molecular flexibility index (Phi) is 5.54. The van der Waals surface area contributed by atoms with Gasteiger partial charge in [-0.15, -0.1) is 0 Å². The normalized spacial score (nSPS) is 12.4. The van der Waals surface area contributed by atoms with Crippen molar-refractivity contribution in [1.82, 2.24) is 4.72 Å². The highest BCUT2D eigenvalue weighted by molar-refractivity contribution is 9.10. The molecule has 0 radical (unpaired) electrons. The first kappa shape index (κ1) is 18.1. The lowest BCUT2D eigenvalue weighted by Crippen LogP contribution is -2.36. The van der Waals surface area contributed by atoms with Crippen LogP contribution in [0.3, 0.4) is 0 Å². The van der Waals surface area contributed by atoms with E-state index < -0.39 is 21.4 Å². The minimum atomic E-state index is -3.87. The Hall–Kier alpha value is -0.960. The van der Waals surface area contributed by atoms with Gasteiger partial charge in [-0.2, -0.15) is 0 Å². The third-order valence-corrected chi connectivity index (χ3v) is 5.35. The molecular weight excluding hydrogens is 362 g/mol. The summed E-state index contributed by atoms with van der Waals surface area (Å²) in [4.78, 5) is 10.9. The molecule has 0 saturated heterocycles. The second-order valence-electron chi connectivity index (χ2n) is 5.53. The van der Waals surface area contributed by atoms with Gasteiger partial charge in [-0.1, -0.05) is 29.8 Å². The summed E-state index contributed by atoms with van der Waals surface area (Å²) in [5.41, 5.74) is -0.300. The molecule has 1 aromatic carbocycles. The lowest BCUT2D eigenvalue weighted by molar-refractivity contribution is 0.0696. The zero-order valence-electron chi connectivity index (χ0n) is 12.0. The maximum Gasteiger partial charge on any atom is 0.335 e. The van der Waals surface area contributed by atoms with Crippen LogP contribution in [-0.4, -0.2) is 37.8 Å². The number of aliphatic hydroxyl groups is 1. The number of aliphatic hydroxyl groups excluding tert-OH is 1. The number of hydrogen-bond donors (Lipinski definition) is 3. The molecule has 0 amide bonds. The van der Waals surface area contributed by atoms with Crippen LogP contribution in [0.25, 0.3) is 0 Å². The number of benzene rings is 1. The molecule has 21 heavy (non-hydrogen) atoms. The summed E-state index contributed by atoms with van der Waals surface area (Å²) >= 11 is 3.17. The summed E-state index contributed by atoms with van der Waals surface area (Å²) in [6, 6.07) is 2.48. The van der Waals surface area contributed by atoms with Crippen LogP contribution >= 0.6 is 15.9 Å². The van der Waals surface area contributed by atoms with E-state index in [2.05, 4.69) is 20.7 Å². The molecule has 1 rings (SSSR count). The molecule has 0 fully saturated rings. The van der Waals surface area contributed by atoms with E-state index in [1.807, 2.05) is 0 Å². The molecule has 0 aliphatic carbocycles. The molecule has 0 heterocycles. The van der Waals surface area contributed by atoms with Crippen molar-refractivity contribution < 1.29 is 23.4 Å². The smallest absolute Gasteiger partial charge is 0.335 e. The Morgan fingerprint density at radius 3 is 2.43 bits per heavy atom. The van der Waals surface area contributed by atoms with E-state index in [4.69, 9.17) is 10.2 Å². The third kappa shape index (κ3) is 4.50. The van der Waals surface area contributed by atoms with Crippen molar-refractivity contribution in [3.8, 4) is 0 Å². The minimum absolute atomic E-state index is 0.0419. The van der Waals surface area contributed by atoms with Gasteiger partial charge in [-0.3, -0.25) is 0 Å². The SMILES string of the molecule is Cc1c(Br)cc(C(=O)O)cc1S(=O)(=O)NCC(C)(C)CO. The maximum atomic E-state index is 12.3. The topological polar surface area (TPSA) is 104 Å². The van der Waals surface area contributed by atoms with Crippen LogP contribution in [0.5, 0.6) is 0 Å². The highest BCUT2D eigenvalue weighted by Gasteiger charge is 2.24. The van der Waals surface area contributed by atoms with Gasteiger partial charge in [0.05, 0.1) is 10.5 Å². The van der Waals surface area contributed by atoms with E-state index in [1.54, 1.807) is 20.8 Å². The zero-order valence-corrected chi connectivity index (χ0v) is 14.4. The molecule has 8 heteroatoms. The molecule has 3 N–H and O–H groups in total. The van der Waals surface area contributed by atoms with Crippen LogP contribution in [-0.2, 0) is 10.0 Å². The molecule has 118 valence electrons. The van der Waals surface area contributed by atoms with Crippen LogP contribution in [0.4, 0.5) is 0 Å². The summed E-state index contributed by atoms with van der Waals surface area (Å²) < 4.78 is 27.5. The molecule has 0 aromatic heterocycles. The van der Waals surface area contributed by atoms with Gasteiger partial charge in [0.25, 0.3) is 0 Å². The number of sulfonamides is 1. The number of aromatic carboxylic acids is 1. The van der Waals surface area contributed by atoms with Crippen LogP contribution in [0.2, 0.25) is 0 Å². The van der Waals surface area contributed by atoms with Crippen LogP contribution < -0.4 is 4.72 Å². The van der Waals surface area contributed by atoms with Crippen molar-refractivity contribution in [1.29, 1.82) is 0 Å². The molecule has 0 unspecified atom stereocenters. The number of rotatable bonds is 6. The van der Waals surface area contributed by atoms with Crippen LogP contribution in [0.15, 0.2) is 21.5 Å². The minimum Gasteiger partial charge on any atom is -0.478 e. The standard InChI is InChI=1S/C13H18BrNO5S/c1-8-10(14)4-9(12(17)18)5-11(8)21(19,20)15-6-13(2,3)7-16/h4-5,15-16H,6-7H2,1-3H3,(H,17,18). The van der Waals surface area contributed by atoms with Gasteiger partial charge in [-0.25, -0.2) is 17.9 Å². The molecule has 0 bridgehead atoms. The number of halogens is 1. The number of carbonyl (C=O) groups is 1. The van der Waals surface area contributed by atoms with Gasteiger partial charge in [-0.05, 0) is 24.6 Å². The second-order valence-corrected chi connectivity index (χ2v) is 8.12. The van der Waals surface area contributed by atoms with Crippen LogP contribution in [0, 0.1) is 12.3 Å². The Balaban J connectivity index is 3.22. The Morgan fingerprint density at radius 1 is 1.38 bits per heavy atom. The number of nitrogens with one attached hydrogen (secondary N) is 1. The first-order valence-corrected chi connectivity index (χ1v) is 8.42. The van der Waals surface area contributed by atoms with Crippen molar-refractivity contribution in [3.63, 3.8) is 0 Å². The average molecular weight is 380 g/mol. The fourth-order valence-electron chi connectivity index (χ4n) is 1.48. The summed E-state index contributed by atoms with van der Waals surface area (Å²) in [6.45, 7) is 4.88. The summed E-state index contributed by atoms with van der Waals surface area (Å²) in [5.74, 6) is -1.21. The molecule has 0 aliphatic heterocycles. The summed E-state index contributed by atoms with van der Waals surface area (Å²) in [7, 11) is -3.87. The zero-order chi connectivity index (χ0) is 16.4. The van der Waals surface area contributed by atoms with Crippen molar-refractivity contribution in [2.75, 3.05) is 13.2 Å². The van der Waals surface area contributed by atoms with Gasteiger partial charge in [0.15, 0.2) is 0 Å². The van der Waals surface area contributed by atoms with Crippen molar-refractivity contribution >= 4 is 31.9 Å². The maximum absolute atomic E-state index is 12.3. The van der Waals surface area contributed by atoms with Crippen molar-refractivity contribution in [2.45, 2.75) is 25.7 Å². The van der Waals surface area contributed by atoms with E-state index >= 15 is 0 Å². The van der Waals surface area contributed by atoms with Crippen LogP contribution in [0.1, 0.15) is 29.8 Å². The summed E-state index contributed by atoms with van der Waals surface area (Å²) in [6.07, 6.45) is 0. The largest absolute Gasteiger partial charge is 0.478 e. The number of carboxylic acids is 1. The predicted molar refractivity (Wildman–Crippen MR) is 81.9 cm³/mol.